The maximum absolute atomic E-state index is 12.0. The number of nitrogens with zero attached hydrogens (tertiary/aromatic N) is 1. The minimum atomic E-state index is -0.542. The number of hydrogen-bond donors (Lipinski definition) is 3. The Hall–Kier alpha value is -2.08. The Morgan fingerprint density at radius 1 is 1.30 bits per heavy atom. The maximum Gasteiger partial charge on any atom is 0.322 e. The fourth-order valence-electron chi connectivity index (χ4n) is 1.63. The zero-order valence-corrected chi connectivity index (χ0v) is 12.0. The van der Waals surface area contributed by atoms with Crippen LogP contribution in [-0.4, -0.2) is 42.1 Å². The van der Waals surface area contributed by atoms with Crippen LogP contribution in [0.5, 0.6) is 0 Å². The fraction of sp³-hybridized carbons (Fsp3) is 0.429. The zero-order valence-electron chi connectivity index (χ0n) is 12.0. The average molecular weight is 279 g/mol. The van der Waals surface area contributed by atoms with Crippen molar-refractivity contribution in [3.05, 3.63) is 29.8 Å². The number of likely N-dealkylation sites (N-methyl/N-ethyl adjacent to an activating group) is 2. The third-order valence-corrected chi connectivity index (χ3v) is 2.93. The van der Waals surface area contributed by atoms with Gasteiger partial charge in [0.25, 0.3) is 0 Å². The van der Waals surface area contributed by atoms with E-state index in [0.29, 0.717) is 12.2 Å². The Bertz CT molecular complexity index is 457. The smallest absolute Gasteiger partial charge is 0.322 e. The molecule has 0 saturated carbocycles. The van der Waals surface area contributed by atoms with Gasteiger partial charge >= 0.3 is 6.03 Å². The van der Waals surface area contributed by atoms with Crippen molar-refractivity contribution >= 4 is 17.6 Å². The monoisotopic (exact) mass is 279 g/mol. The summed E-state index contributed by atoms with van der Waals surface area (Å²) in [4.78, 5) is 24.7. The van der Waals surface area contributed by atoms with E-state index in [-0.39, 0.29) is 18.5 Å². The zero-order chi connectivity index (χ0) is 15.1. The van der Waals surface area contributed by atoms with E-state index in [9.17, 15) is 14.7 Å². The van der Waals surface area contributed by atoms with Gasteiger partial charge in [-0.05, 0) is 31.5 Å². The van der Waals surface area contributed by atoms with Gasteiger partial charge in [0.15, 0.2) is 0 Å². The van der Waals surface area contributed by atoms with Crippen LogP contribution >= 0.6 is 0 Å². The number of anilines is 1. The van der Waals surface area contributed by atoms with E-state index >= 15 is 0 Å². The van der Waals surface area contributed by atoms with E-state index < -0.39 is 6.10 Å². The third-order valence-electron chi connectivity index (χ3n) is 2.93. The van der Waals surface area contributed by atoms with Crippen LogP contribution in [0.2, 0.25) is 0 Å². The average Bonchev–Trinajstić information content (AvgIpc) is 2.44. The summed E-state index contributed by atoms with van der Waals surface area (Å²) < 4.78 is 0. The highest BCUT2D eigenvalue weighted by atomic mass is 16.3. The van der Waals surface area contributed by atoms with Crippen molar-refractivity contribution in [2.75, 3.05) is 25.5 Å². The van der Waals surface area contributed by atoms with Crippen molar-refractivity contribution in [1.82, 2.24) is 10.2 Å². The lowest BCUT2D eigenvalue weighted by atomic mass is 10.1. The standard InChI is InChI=1S/C14H21N3O3/c1-4-17(9-13(19)15-3)14(20)16-12-7-5-11(6-8-12)10(2)18/h5-8,10,18H,4,9H2,1-3H3,(H,15,19)(H,16,20). The quantitative estimate of drug-likeness (QED) is 0.760. The van der Waals surface area contributed by atoms with Gasteiger partial charge in [-0.2, -0.15) is 0 Å². The number of aliphatic hydroxyl groups excluding tert-OH is 1. The summed E-state index contributed by atoms with van der Waals surface area (Å²) in [6.07, 6.45) is -0.542. The van der Waals surface area contributed by atoms with Crippen LogP contribution in [0, 0.1) is 0 Å². The van der Waals surface area contributed by atoms with Crippen molar-refractivity contribution in [2.45, 2.75) is 20.0 Å². The Morgan fingerprint density at radius 2 is 1.90 bits per heavy atom. The predicted octanol–water partition coefficient (Wildman–Crippen LogP) is 1.34. The molecule has 0 fully saturated rings. The predicted molar refractivity (Wildman–Crippen MR) is 77.4 cm³/mol. The molecule has 0 radical (unpaired) electrons. The van der Waals surface area contributed by atoms with Crippen LogP contribution in [0.25, 0.3) is 0 Å². The summed E-state index contributed by atoms with van der Waals surface area (Å²) in [6, 6.07) is 6.59. The minimum absolute atomic E-state index is 0.0184. The molecular weight excluding hydrogens is 258 g/mol. The first-order chi connectivity index (χ1) is 9.47. The van der Waals surface area contributed by atoms with Gasteiger partial charge in [0.05, 0.1) is 6.10 Å². The topological polar surface area (TPSA) is 81.7 Å². The first-order valence-corrected chi connectivity index (χ1v) is 6.52. The van der Waals surface area contributed by atoms with Crippen LogP contribution in [0.4, 0.5) is 10.5 Å². The summed E-state index contributed by atoms with van der Waals surface area (Å²) in [5.74, 6) is -0.216. The molecule has 0 aliphatic heterocycles. The minimum Gasteiger partial charge on any atom is -0.389 e. The summed E-state index contributed by atoms with van der Waals surface area (Å²) in [5, 5.41) is 14.6. The Kier molecular flexibility index (Phi) is 5.99. The number of carbonyl (C=O) groups excluding carboxylic acids is 2. The Balaban J connectivity index is 2.66. The van der Waals surface area contributed by atoms with E-state index in [2.05, 4.69) is 10.6 Å². The number of benzene rings is 1. The van der Waals surface area contributed by atoms with E-state index in [1.165, 1.54) is 11.9 Å². The fourth-order valence-corrected chi connectivity index (χ4v) is 1.63. The summed E-state index contributed by atoms with van der Waals surface area (Å²) in [6.45, 7) is 3.93. The number of amides is 3. The molecule has 20 heavy (non-hydrogen) atoms. The van der Waals surface area contributed by atoms with E-state index in [0.717, 1.165) is 5.56 Å². The number of carbonyl (C=O) groups is 2. The largest absolute Gasteiger partial charge is 0.389 e. The summed E-state index contributed by atoms with van der Waals surface area (Å²) in [5.41, 5.74) is 1.40. The van der Waals surface area contributed by atoms with Gasteiger partial charge in [0, 0.05) is 19.3 Å². The molecule has 3 N–H and O–H groups in total. The first-order valence-electron chi connectivity index (χ1n) is 6.52. The van der Waals surface area contributed by atoms with Gasteiger partial charge in [-0.3, -0.25) is 4.79 Å². The van der Waals surface area contributed by atoms with Gasteiger partial charge < -0.3 is 20.6 Å². The van der Waals surface area contributed by atoms with E-state index in [1.54, 1.807) is 38.1 Å². The second-order valence-electron chi connectivity index (χ2n) is 4.42. The Labute approximate surface area is 118 Å². The molecule has 1 aromatic rings. The third kappa shape index (κ3) is 4.55. The molecule has 110 valence electrons. The molecule has 1 aromatic carbocycles. The molecular formula is C14H21N3O3. The lowest BCUT2D eigenvalue weighted by Gasteiger charge is -2.20. The van der Waals surface area contributed by atoms with Crippen molar-refractivity contribution < 1.29 is 14.7 Å². The lowest BCUT2D eigenvalue weighted by molar-refractivity contribution is -0.121. The molecule has 1 rings (SSSR count). The molecule has 0 aliphatic rings. The number of rotatable bonds is 5. The highest BCUT2D eigenvalue weighted by molar-refractivity contribution is 5.92. The highest BCUT2D eigenvalue weighted by Crippen LogP contribution is 2.15. The molecule has 6 heteroatoms. The van der Waals surface area contributed by atoms with Crippen molar-refractivity contribution in [1.29, 1.82) is 0 Å². The lowest BCUT2D eigenvalue weighted by Crippen LogP contribution is -2.41. The molecule has 0 aromatic heterocycles. The number of nitrogens with one attached hydrogen (secondary N) is 2. The van der Waals surface area contributed by atoms with Crippen molar-refractivity contribution in [2.24, 2.45) is 0 Å². The van der Waals surface area contributed by atoms with E-state index in [1.807, 2.05) is 0 Å². The normalized spacial score (nSPS) is 11.6. The van der Waals surface area contributed by atoms with Gasteiger partial charge in [-0.25, -0.2) is 4.79 Å². The Morgan fingerprint density at radius 3 is 2.35 bits per heavy atom. The van der Waals surface area contributed by atoms with E-state index in [4.69, 9.17) is 0 Å². The first kappa shape index (κ1) is 16.0. The SMILES string of the molecule is CCN(CC(=O)NC)C(=O)Nc1ccc(C(C)O)cc1. The molecule has 0 spiro atoms. The molecule has 1 atom stereocenters. The highest BCUT2D eigenvalue weighted by Gasteiger charge is 2.14. The van der Waals surface area contributed by atoms with Crippen molar-refractivity contribution in [3.8, 4) is 0 Å². The van der Waals surface area contributed by atoms with Gasteiger partial charge in [-0.1, -0.05) is 12.1 Å². The van der Waals surface area contributed by atoms with Crippen LogP contribution in [0.3, 0.4) is 0 Å². The number of urea groups is 1. The molecule has 1 unspecified atom stereocenters. The van der Waals surface area contributed by atoms with Crippen LogP contribution in [0.15, 0.2) is 24.3 Å². The maximum atomic E-state index is 12.0. The van der Waals surface area contributed by atoms with Crippen molar-refractivity contribution in [3.63, 3.8) is 0 Å². The molecule has 0 aliphatic carbocycles. The summed E-state index contributed by atoms with van der Waals surface area (Å²) >= 11 is 0. The van der Waals surface area contributed by atoms with Gasteiger partial charge in [-0.15, -0.1) is 0 Å². The second kappa shape index (κ2) is 7.49. The molecule has 0 saturated heterocycles. The van der Waals surface area contributed by atoms with Gasteiger partial charge in [0.1, 0.15) is 6.54 Å². The van der Waals surface area contributed by atoms with Crippen LogP contribution in [-0.2, 0) is 4.79 Å². The molecule has 0 heterocycles. The second-order valence-corrected chi connectivity index (χ2v) is 4.42. The van der Waals surface area contributed by atoms with Crippen LogP contribution < -0.4 is 10.6 Å². The number of hydrogen-bond acceptors (Lipinski definition) is 3. The summed E-state index contributed by atoms with van der Waals surface area (Å²) in [7, 11) is 1.53. The molecule has 3 amide bonds. The van der Waals surface area contributed by atoms with Crippen LogP contribution in [0.1, 0.15) is 25.5 Å². The molecule has 6 nitrogen and oxygen atoms in total. The van der Waals surface area contributed by atoms with Gasteiger partial charge in [0.2, 0.25) is 5.91 Å². The molecule has 0 bridgehead atoms. The number of aliphatic hydroxyl groups is 1.